The Kier molecular flexibility index (Phi) is 4.69. The van der Waals surface area contributed by atoms with Gasteiger partial charge in [0, 0.05) is 19.3 Å². The number of primary amides is 1. The summed E-state index contributed by atoms with van der Waals surface area (Å²) < 4.78 is 0. The van der Waals surface area contributed by atoms with E-state index in [2.05, 4.69) is 28.7 Å². The van der Waals surface area contributed by atoms with Crippen molar-refractivity contribution in [2.75, 3.05) is 18.0 Å². The number of carbonyl (C=O) groups is 1. The molecule has 0 aromatic carbocycles. The molecule has 0 atom stereocenters. The van der Waals surface area contributed by atoms with Gasteiger partial charge < -0.3 is 10.6 Å². The van der Waals surface area contributed by atoms with Crippen molar-refractivity contribution < 1.29 is 4.79 Å². The van der Waals surface area contributed by atoms with Crippen molar-refractivity contribution in [2.45, 2.75) is 26.7 Å². The molecule has 2 N–H and O–H groups in total. The van der Waals surface area contributed by atoms with Crippen LogP contribution in [0.1, 0.15) is 37.2 Å². The molecule has 1 heterocycles. The number of amides is 1. The number of nitrogens with two attached hydrogens (primary N) is 1. The van der Waals surface area contributed by atoms with Gasteiger partial charge in [-0.15, -0.1) is 0 Å². The maximum Gasteiger partial charge on any atom is 0.267 e. The standard InChI is InChI=1S/C11H18N4O/c1-3-7-15(8-4-2)11-13-6-5-9(14-11)10(12)16/h5-6H,3-4,7-8H2,1-2H3,(H2,12,16). The summed E-state index contributed by atoms with van der Waals surface area (Å²) in [5, 5.41) is 0. The highest BCUT2D eigenvalue weighted by atomic mass is 16.1. The molecule has 0 unspecified atom stereocenters. The molecule has 1 aromatic heterocycles. The first-order valence-electron chi connectivity index (χ1n) is 5.56. The Bertz CT molecular complexity index is 348. The molecule has 0 fully saturated rings. The van der Waals surface area contributed by atoms with Gasteiger partial charge in [-0.2, -0.15) is 0 Å². The highest BCUT2D eigenvalue weighted by Gasteiger charge is 2.10. The number of hydrogen-bond donors (Lipinski definition) is 1. The average molecular weight is 222 g/mol. The van der Waals surface area contributed by atoms with Crippen LogP contribution in [0.2, 0.25) is 0 Å². The van der Waals surface area contributed by atoms with Crippen molar-refractivity contribution in [3.8, 4) is 0 Å². The normalized spacial score (nSPS) is 10.1. The van der Waals surface area contributed by atoms with Crippen LogP contribution in [0.4, 0.5) is 5.95 Å². The van der Waals surface area contributed by atoms with Crippen LogP contribution in [0.3, 0.4) is 0 Å². The Labute approximate surface area is 95.7 Å². The van der Waals surface area contributed by atoms with Gasteiger partial charge >= 0.3 is 0 Å². The largest absolute Gasteiger partial charge is 0.364 e. The second-order valence-electron chi connectivity index (χ2n) is 3.59. The highest BCUT2D eigenvalue weighted by molar-refractivity contribution is 5.90. The van der Waals surface area contributed by atoms with Crippen molar-refractivity contribution in [1.82, 2.24) is 9.97 Å². The van der Waals surface area contributed by atoms with Crippen LogP contribution in [0.25, 0.3) is 0 Å². The topological polar surface area (TPSA) is 72.1 Å². The number of rotatable bonds is 6. The third-order valence-electron chi connectivity index (χ3n) is 2.17. The minimum absolute atomic E-state index is 0.266. The minimum Gasteiger partial charge on any atom is -0.364 e. The van der Waals surface area contributed by atoms with E-state index in [1.165, 1.54) is 6.07 Å². The number of anilines is 1. The zero-order valence-corrected chi connectivity index (χ0v) is 9.81. The summed E-state index contributed by atoms with van der Waals surface area (Å²) in [6, 6.07) is 1.53. The van der Waals surface area contributed by atoms with E-state index in [0.29, 0.717) is 5.95 Å². The van der Waals surface area contributed by atoms with Crippen LogP contribution in [0.15, 0.2) is 12.3 Å². The molecule has 16 heavy (non-hydrogen) atoms. The maximum atomic E-state index is 11.0. The summed E-state index contributed by atoms with van der Waals surface area (Å²) in [5.74, 6) is 0.0663. The van der Waals surface area contributed by atoms with Gasteiger partial charge in [0.15, 0.2) is 0 Å². The fourth-order valence-corrected chi connectivity index (χ4v) is 1.49. The second-order valence-corrected chi connectivity index (χ2v) is 3.59. The summed E-state index contributed by atoms with van der Waals surface area (Å²) in [7, 11) is 0. The van der Waals surface area contributed by atoms with Crippen molar-refractivity contribution in [1.29, 1.82) is 0 Å². The smallest absolute Gasteiger partial charge is 0.267 e. The highest BCUT2D eigenvalue weighted by Crippen LogP contribution is 2.08. The van der Waals surface area contributed by atoms with Gasteiger partial charge in [0.2, 0.25) is 5.95 Å². The van der Waals surface area contributed by atoms with Gasteiger partial charge in [-0.3, -0.25) is 4.79 Å². The van der Waals surface area contributed by atoms with Crippen LogP contribution in [-0.4, -0.2) is 29.0 Å². The van der Waals surface area contributed by atoms with E-state index in [-0.39, 0.29) is 5.69 Å². The van der Waals surface area contributed by atoms with Gasteiger partial charge in [0.1, 0.15) is 5.69 Å². The molecular formula is C11H18N4O. The fraction of sp³-hybridized carbons (Fsp3) is 0.545. The minimum atomic E-state index is -0.517. The Morgan fingerprint density at radius 2 is 2.00 bits per heavy atom. The molecule has 0 saturated heterocycles. The van der Waals surface area contributed by atoms with Gasteiger partial charge in [0.25, 0.3) is 5.91 Å². The van der Waals surface area contributed by atoms with E-state index >= 15 is 0 Å². The van der Waals surface area contributed by atoms with E-state index < -0.39 is 5.91 Å². The molecule has 0 aliphatic rings. The Morgan fingerprint density at radius 1 is 1.38 bits per heavy atom. The van der Waals surface area contributed by atoms with Crippen LogP contribution in [-0.2, 0) is 0 Å². The summed E-state index contributed by atoms with van der Waals surface area (Å²) in [6.07, 6.45) is 3.61. The molecule has 0 spiro atoms. The molecule has 0 bridgehead atoms. The molecule has 0 saturated carbocycles. The Hall–Kier alpha value is -1.65. The lowest BCUT2D eigenvalue weighted by molar-refractivity contribution is 0.0995. The van der Waals surface area contributed by atoms with Crippen molar-refractivity contribution in [3.05, 3.63) is 18.0 Å². The maximum absolute atomic E-state index is 11.0. The molecule has 1 rings (SSSR count). The van der Waals surface area contributed by atoms with E-state index in [9.17, 15) is 4.79 Å². The molecule has 5 nitrogen and oxygen atoms in total. The lowest BCUT2D eigenvalue weighted by Gasteiger charge is -2.21. The predicted molar refractivity (Wildman–Crippen MR) is 63.3 cm³/mol. The summed E-state index contributed by atoms with van der Waals surface area (Å²) in [6.45, 7) is 5.97. The van der Waals surface area contributed by atoms with Gasteiger partial charge in [0.05, 0.1) is 0 Å². The molecule has 88 valence electrons. The monoisotopic (exact) mass is 222 g/mol. The third-order valence-corrected chi connectivity index (χ3v) is 2.17. The molecule has 5 heteroatoms. The first-order chi connectivity index (χ1) is 7.69. The van der Waals surface area contributed by atoms with E-state index in [4.69, 9.17) is 5.73 Å². The van der Waals surface area contributed by atoms with Crippen LogP contribution < -0.4 is 10.6 Å². The Morgan fingerprint density at radius 3 is 2.50 bits per heavy atom. The molecular weight excluding hydrogens is 204 g/mol. The molecule has 0 aliphatic heterocycles. The SMILES string of the molecule is CCCN(CCC)c1nccc(C(N)=O)n1. The number of carbonyl (C=O) groups excluding carboxylic acids is 1. The lowest BCUT2D eigenvalue weighted by Crippen LogP contribution is -2.28. The van der Waals surface area contributed by atoms with Gasteiger partial charge in [-0.1, -0.05) is 13.8 Å². The first-order valence-corrected chi connectivity index (χ1v) is 5.56. The van der Waals surface area contributed by atoms with Crippen molar-refractivity contribution >= 4 is 11.9 Å². The summed E-state index contributed by atoms with van der Waals surface area (Å²) >= 11 is 0. The number of nitrogens with zero attached hydrogens (tertiary/aromatic N) is 3. The Balaban J connectivity index is 2.90. The summed E-state index contributed by atoms with van der Waals surface area (Å²) in [4.78, 5) is 21.4. The fourth-order valence-electron chi connectivity index (χ4n) is 1.49. The van der Waals surface area contributed by atoms with Crippen LogP contribution in [0.5, 0.6) is 0 Å². The van der Waals surface area contributed by atoms with Crippen molar-refractivity contribution in [3.63, 3.8) is 0 Å². The molecule has 0 radical (unpaired) electrons. The molecule has 0 aliphatic carbocycles. The second kappa shape index (κ2) is 6.05. The zero-order valence-electron chi connectivity index (χ0n) is 9.81. The number of aromatic nitrogens is 2. The van der Waals surface area contributed by atoms with Gasteiger partial charge in [-0.25, -0.2) is 9.97 Å². The van der Waals surface area contributed by atoms with E-state index in [1.807, 2.05) is 0 Å². The number of hydrogen-bond acceptors (Lipinski definition) is 4. The van der Waals surface area contributed by atoms with Crippen LogP contribution in [0, 0.1) is 0 Å². The first kappa shape index (κ1) is 12.4. The third kappa shape index (κ3) is 3.18. The predicted octanol–water partition coefficient (Wildman–Crippen LogP) is 1.20. The zero-order chi connectivity index (χ0) is 12.0. The average Bonchev–Trinajstić information content (AvgIpc) is 2.29. The van der Waals surface area contributed by atoms with Gasteiger partial charge in [-0.05, 0) is 18.9 Å². The van der Waals surface area contributed by atoms with Crippen LogP contribution >= 0.6 is 0 Å². The van der Waals surface area contributed by atoms with Crippen molar-refractivity contribution in [2.24, 2.45) is 5.73 Å². The van der Waals surface area contributed by atoms with E-state index in [0.717, 1.165) is 25.9 Å². The molecule has 1 amide bonds. The van der Waals surface area contributed by atoms with E-state index in [1.54, 1.807) is 6.20 Å². The summed E-state index contributed by atoms with van der Waals surface area (Å²) in [5.41, 5.74) is 5.45. The lowest BCUT2D eigenvalue weighted by atomic mass is 10.3. The molecule has 1 aromatic rings. The quantitative estimate of drug-likeness (QED) is 0.785.